The molecule has 0 aliphatic carbocycles. The van der Waals surface area contributed by atoms with Crippen LogP contribution < -0.4 is 5.32 Å². The third-order valence-electron chi connectivity index (χ3n) is 3.18. The van der Waals surface area contributed by atoms with Crippen LogP contribution in [0.25, 0.3) is 0 Å². The summed E-state index contributed by atoms with van der Waals surface area (Å²) in [6, 6.07) is 8.21. The minimum Gasteiger partial charge on any atom is -0.346 e. The van der Waals surface area contributed by atoms with E-state index in [9.17, 15) is 0 Å². The van der Waals surface area contributed by atoms with E-state index >= 15 is 0 Å². The highest BCUT2D eigenvalue weighted by atomic mass is 35.5. The molecule has 0 bridgehead atoms. The van der Waals surface area contributed by atoms with Gasteiger partial charge >= 0.3 is 0 Å². The molecular formula is C13H17ClN2S. The van der Waals surface area contributed by atoms with Crippen molar-refractivity contribution >= 4 is 34.6 Å². The second kappa shape index (κ2) is 5.69. The molecule has 0 aromatic heterocycles. The molecule has 1 aromatic rings. The van der Waals surface area contributed by atoms with Crippen LogP contribution in [0.1, 0.15) is 26.2 Å². The van der Waals surface area contributed by atoms with E-state index in [-0.39, 0.29) is 0 Å². The summed E-state index contributed by atoms with van der Waals surface area (Å²) in [5.41, 5.74) is 0.886. The van der Waals surface area contributed by atoms with Crippen molar-refractivity contribution in [1.82, 2.24) is 4.90 Å². The predicted octanol–water partition coefficient (Wildman–Crippen LogP) is 3.91. The Kier molecular flexibility index (Phi) is 4.24. The van der Waals surface area contributed by atoms with E-state index in [1.165, 1.54) is 19.3 Å². The van der Waals surface area contributed by atoms with Crippen molar-refractivity contribution in [1.29, 1.82) is 0 Å². The lowest BCUT2D eigenvalue weighted by atomic mass is 10.0. The highest BCUT2D eigenvalue weighted by molar-refractivity contribution is 7.80. The Morgan fingerprint density at radius 2 is 2.18 bits per heavy atom. The van der Waals surface area contributed by atoms with Gasteiger partial charge in [0.15, 0.2) is 5.11 Å². The predicted molar refractivity (Wildman–Crippen MR) is 77.7 cm³/mol. The average molecular weight is 269 g/mol. The van der Waals surface area contributed by atoms with Crippen molar-refractivity contribution in [2.24, 2.45) is 0 Å². The smallest absolute Gasteiger partial charge is 0.173 e. The Bertz CT molecular complexity index is 408. The van der Waals surface area contributed by atoms with Gasteiger partial charge in [-0.2, -0.15) is 0 Å². The van der Waals surface area contributed by atoms with Gasteiger partial charge in [0.1, 0.15) is 0 Å². The molecule has 17 heavy (non-hydrogen) atoms. The van der Waals surface area contributed by atoms with Gasteiger partial charge in [0.05, 0.1) is 10.7 Å². The Hall–Kier alpha value is -0.800. The van der Waals surface area contributed by atoms with Gasteiger partial charge < -0.3 is 10.2 Å². The lowest BCUT2D eigenvalue weighted by Gasteiger charge is -2.35. The van der Waals surface area contributed by atoms with Crippen molar-refractivity contribution in [2.45, 2.75) is 32.2 Å². The maximum absolute atomic E-state index is 6.10. The van der Waals surface area contributed by atoms with Crippen LogP contribution in [-0.4, -0.2) is 22.6 Å². The second-order valence-electron chi connectivity index (χ2n) is 4.45. The number of para-hydroxylation sites is 1. The molecule has 0 radical (unpaired) electrons. The third-order valence-corrected chi connectivity index (χ3v) is 3.85. The first-order valence-electron chi connectivity index (χ1n) is 6.00. The van der Waals surface area contributed by atoms with E-state index in [4.69, 9.17) is 23.8 Å². The Morgan fingerprint density at radius 1 is 1.41 bits per heavy atom. The lowest BCUT2D eigenvalue weighted by molar-refractivity contribution is 0.262. The number of nitrogens with one attached hydrogen (secondary N) is 1. The summed E-state index contributed by atoms with van der Waals surface area (Å²) in [6.45, 7) is 3.26. The molecule has 4 heteroatoms. The Labute approximate surface area is 113 Å². The van der Waals surface area contributed by atoms with Crippen molar-refractivity contribution in [2.75, 3.05) is 11.9 Å². The standard InChI is InChI=1S/C13H17ClN2S/c1-10-6-4-5-9-16(10)13(17)15-12-8-3-2-7-11(12)14/h2-3,7-8,10H,4-6,9H2,1H3,(H,15,17). The van der Waals surface area contributed by atoms with Gasteiger partial charge in [0.2, 0.25) is 0 Å². The van der Waals surface area contributed by atoms with Gasteiger partial charge in [-0.25, -0.2) is 0 Å². The minimum absolute atomic E-state index is 0.520. The molecule has 1 atom stereocenters. The van der Waals surface area contributed by atoms with Crippen LogP contribution in [0.15, 0.2) is 24.3 Å². The van der Waals surface area contributed by atoms with Crippen molar-refractivity contribution in [3.05, 3.63) is 29.3 Å². The monoisotopic (exact) mass is 268 g/mol. The fourth-order valence-corrected chi connectivity index (χ4v) is 2.71. The van der Waals surface area contributed by atoms with E-state index in [0.717, 1.165) is 17.3 Å². The molecule has 1 aromatic carbocycles. The summed E-state index contributed by atoms with van der Waals surface area (Å²) >= 11 is 11.6. The van der Waals surface area contributed by atoms with Crippen molar-refractivity contribution in [3.8, 4) is 0 Å². The number of anilines is 1. The fraction of sp³-hybridized carbons (Fsp3) is 0.462. The number of hydrogen-bond acceptors (Lipinski definition) is 1. The normalized spacial score (nSPS) is 20.1. The first-order valence-corrected chi connectivity index (χ1v) is 6.79. The number of thiocarbonyl (C=S) groups is 1. The first-order chi connectivity index (χ1) is 8.18. The van der Waals surface area contributed by atoms with Gasteiger partial charge in [-0.15, -0.1) is 0 Å². The molecule has 2 rings (SSSR count). The van der Waals surface area contributed by atoms with Crippen LogP contribution in [-0.2, 0) is 0 Å². The quantitative estimate of drug-likeness (QED) is 0.778. The summed E-state index contributed by atoms with van der Waals surface area (Å²) in [7, 11) is 0. The summed E-state index contributed by atoms with van der Waals surface area (Å²) < 4.78 is 0. The van der Waals surface area contributed by atoms with E-state index in [0.29, 0.717) is 11.1 Å². The van der Waals surface area contributed by atoms with E-state index < -0.39 is 0 Å². The van der Waals surface area contributed by atoms with Crippen LogP contribution in [0.2, 0.25) is 5.02 Å². The van der Waals surface area contributed by atoms with Crippen LogP contribution in [0.3, 0.4) is 0 Å². The molecule has 1 aliphatic heterocycles. The van der Waals surface area contributed by atoms with Crippen LogP contribution >= 0.6 is 23.8 Å². The number of piperidine rings is 1. The number of likely N-dealkylation sites (tertiary alicyclic amines) is 1. The highest BCUT2D eigenvalue weighted by Gasteiger charge is 2.20. The molecule has 92 valence electrons. The minimum atomic E-state index is 0.520. The molecule has 2 nitrogen and oxygen atoms in total. The molecule has 1 saturated heterocycles. The number of benzene rings is 1. The zero-order valence-corrected chi connectivity index (χ0v) is 11.5. The molecule has 1 fully saturated rings. The van der Waals surface area contributed by atoms with Crippen LogP contribution in [0.4, 0.5) is 5.69 Å². The number of hydrogen-bond donors (Lipinski definition) is 1. The molecular weight excluding hydrogens is 252 g/mol. The largest absolute Gasteiger partial charge is 0.346 e. The Morgan fingerprint density at radius 3 is 2.88 bits per heavy atom. The molecule has 1 heterocycles. The highest BCUT2D eigenvalue weighted by Crippen LogP contribution is 2.23. The van der Waals surface area contributed by atoms with E-state index in [1.54, 1.807) is 0 Å². The molecule has 1 unspecified atom stereocenters. The fourth-order valence-electron chi connectivity index (χ4n) is 2.15. The summed E-state index contributed by atoms with van der Waals surface area (Å²) in [5, 5.41) is 4.73. The topological polar surface area (TPSA) is 15.3 Å². The zero-order valence-electron chi connectivity index (χ0n) is 9.95. The zero-order chi connectivity index (χ0) is 12.3. The number of halogens is 1. The molecule has 0 spiro atoms. The number of rotatable bonds is 1. The molecule has 0 saturated carbocycles. The summed E-state index contributed by atoms with van der Waals surface area (Å²) in [6.07, 6.45) is 3.73. The summed E-state index contributed by atoms with van der Waals surface area (Å²) in [4.78, 5) is 2.25. The average Bonchev–Trinajstić information content (AvgIpc) is 2.32. The lowest BCUT2D eigenvalue weighted by Crippen LogP contribution is -2.44. The van der Waals surface area contributed by atoms with E-state index in [1.807, 2.05) is 24.3 Å². The SMILES string of the molecule is CC1CCCCN1C(=S)Nc1ccccc1Cl. The molecule has 1 aliphatic rings. The van der Waals surface area contributed by atoms with Gasteiger partial charge in [0, 0.05) is 12.6 Å². The maximum atomic E-state index is 6.10. The van der Waals surface area contributed by atoms with E-state index in [2.05, 4.69) is 17.1 Å². The maximum Gasteiger partial charge on any atom is 0.173 e. The van der Waals surface area contributed by atoms with Gasteiger partial charge in [-0.1, -0.05) is 23.7 Å². The summed E-state index contributed by atoms with van der Waals surface area (Å²) in [5.74, 6) is 0. The molecule has 0 amide bonds. The van der Waals surface area contributed by atoms with Crippen LogP contribution in [0.5, 0.6) is 0 Å². The number of nitrogens with zero attached hydrogens (tertiary/aromatic N) is 1. The van der Waals surface area contributed by atoms with Crippen LogP contribution in [0, 0.1) is 0 Å². The van der Waals surface area contributed by atoms with Gasteiger partial charge in [-0.05, 0) is 50.5 Å². The molecule has 1 N–H and O–H groups in total. The van der Waals surface area contributed by atoms with Gasteiger partial charge in [0.25, 0.3) is 0 Å². The van der Waals surface area contributed by atoms with Gasteiger partial charge in [-0.3, -0.25) is 0 Å². The second-order valence-corrected chi connectivity index (χ2v) is 5.24. The van der Waals surface area contributed by atoms with Crippen molar-refractivity contribution in [3.63, 3.8) is 0 Å². The van der Waals surface area contributed by atoms with Crippen molar-refractivity contribution < 1.29 is 0 Å². The third kappa shape index (κ3) is 3.11. The first kappa shape index (κ1) is 12.7. The Balaban J connectivity index is 2.03.